The molecule has 0 saturated carbocycles. The van der Waals surface area contributed by atoms with Crippen LogP contribution in [0.5, 0.6) is 0 Å². The maximum atomic E-state index is 13.5. The number of nitrogens with zero attached hydrogens (tertiary/aromatic N) is 3. The number of aryl methyl sites for hydroxylation is 1. The van der Waals surface area contributed by atoms with Crippen LogP contribution in [0.4, 0.5) is 4.39 Å². The smallest absolute Gasteiger partial charge is 0.269 e. The molecule has 0 aliphatic carbocycles. The molecule has 0 bridgehead atoms. The Kier molecular flexibility index (Phi) is 4.35. The van der Waals surface area contributed by atoms with Gasteiger partial charge >= 0.3 is 0 Å². The van der Waals surface area contributed by atoms with Gasteiger partial charge in [0.25, 0.3) is 10.0 Å². The minimum absolute atomic E-state index is 0.115. The molecule has 7 nitrogen and oxygen atoms in total. The standard InChI is InChI=1S/C18H15ClFN5O2S/c1-10-2-4-12(5-3-10)28(26,27)25-9-14(13-6-11(19)7-23-18(13)25)17-22-8-15(20)16(21)24-17/h2-9,17,22H,1H3,(H2,21,24). The summed E-state index contributed by atoms with van der Waals surface area (Å²) in [7, 11) is -3.92. The highest BCUT2D eigenvalue weighted by Gasteiger charge is 2.27. The van der Waals surface area contributed by atoms with E-state index in [-0.39, 0.29) is 16.4 Å². The molecule has 0 saturated heterocycles. The van der Waals surface area contributed by atoms with Crippen molar-refractivity contribution in [1.82, 2.24) is 14.3 Å². The zero-order valence-electron chi connectivity index (χ0n) is 14.6. The van der Waals surface area contributed by atoms with Crippen LogP contribution in [0.1, 0.15) is 17.3 Å². The summed E-state index contributed by atoms with van der Waals surface area (Å²) in [6, 6.07) is 8.07. The zero-order valence-corrected chi connectivity index (χ0v) is 16.2. The summed E-state index contributed by atoms with van der Waals surface area (Å²) in [5.41, 5.74) is 7.15. The van der Waals surface area contributed by atoms with Crippen LogP contribution >= 0.6 is 11.6 Å². The third kappa shape index (κ3) is 3.02. The molecule has 1 unspecified atom stereocenters. The van der Waals surface area contributed by atoms with Gasteiger partial charge in [-0.05, 0) is 25.1 Å². The molecule has 10 heteroatoms. The van der Waals surface area contributed by atoms with Gasteiger partial charge in [-0.2, -0.15) is 0 Å². The summed E-state index contributed by atoms with van der Waals surface area (Å²) in [6.45, 7) is 1.87. The molecule has 3 heterocycles. The number of fused-ring (bicyclic) bond motifs is 1. The molecule has 3 N–H and O–H groups in total. The Bertz CT molecular complexity index is 1250. The Labute approximate surface area is 165 Å². The molecule has 1 atom stereocenters. The first-order chi connectivity index (χ1) is 13.3. The van der Waals surface area contributed by atoms with Crippen molar-refractivity contribution in [3.8, 4) is 0 Å². The largest absolute Gasteiger partial charge is 0.381 e. The monoisotopic (exact) mass is 419 g/mol. The van der Waals surface area contributed by atoms with Gasteiger partial charge in [-0.15, -0.1) is 0 Å². The lowest BCUT2D eigenvalue weighted by molar-refractivity contribution is 0.584. The van der Waals surface area contributed by atoms with Gasteiger partial charge in [0.1, 0.15) is 6.17 Å². The molecule has 1 aromatic carbocycles. The number of aliphatic imine (C=N–C) groups is 1. The van der Waals surface area contributed by atoms with Crippen molar-refractivity contribution < 1.29 is 12.8 Å². The molecule has 0 radical (unpaired) electrons. The highest BCUT2D eigenvalue weighted by molar-refractivity contribution is 7.90. The van der Waals surface area contributed by atoms with E-state index in [4.69, 9.17) is 17.3 Å². The Balaban J connectivity index is 1.93. The predicted molar refractivity (Wildman–Crippen MR) is 105 cm³/mol. The van der Waals surface area contributed by atoms with Crippen molar-refractivity contribution in [2.75, 3.05) is 0 Å². The predicted octanol–water partition coefficient (Wildman–Crippen LogP) is 3.01. The van der Waals surface area contributed by atoms with Gasteiger partial charge in [-0.25, -0.2) is 26.8 Å². The molecule has 0 spiro atoms. The number of nitrogens with one attached hydrogen (secondary N) is 1. The average Bonchev–Trinajstić information content (AvgIpc) is 3.04. The highest BCUT2D eigenvalue weighted by atomic mass is 35.5. The second kappa shape index (κ2) is 6.61. The van der Waals surface area contributed by atoms with E-state index in [9.17, 15) is 12.8 Å². The number of nitrogens with two attached hydrogens (primary N) is 1. The summed E-state index contributed by atoms with van der Waals surface area (Å²) < 4.78 is 41.0. The molecule has 28 heavy (non-hydrogen) atoms. The molecular formula is C18H15ClFN5O2S. The summed E-state index contributed by atoms with van der Waals surface area (Å²) in [4.78, 5) is 8.36. The molecule has 4 rings (SSSR count). The van der Waals surface area contributed by atoms with Crippen LogP contribution in [0.3, 0.4) is 0 Å². The third-order valence-electron chi connectivity index (χ3n) is 4.36. The first kappa shape index (κ1) is 18.5. The first-order valence-electron chi connectivity index (χ1n) is 8.21. The molecule has 1 aliphatic heterocycles. The van der Waals surface area contributed by atoms with E-state index in [1.165, 1.54) is 24.5 Å². The second-order valence-electron chi connectivity index (χ2n) is 6.30. The van der Waals surface area contributed by atoms with Crippen LogP contribution in [-0.2, 0) is 10.0 Å². The van der Waals surface area contributed by atoms with Crippen molar-refractivity contribution in [1.29, 1.82) is 0 Å². The van der Waals surface area contributed by atoms with Gasteiger partial charge in [0.2, 0.25) is 0 Å². The maximum Gasteiger partial charge on any atom is 0.269 e. The summed E-state index contributed by atoms with van der Waals surface area (Å²) >= 11 is 6.07. The molecule has 144 valence electrons. The fourth-order valence-corrected chi connectivity index (χ4v) is 4.42. The van der Waals surface area contributed by atoms with Crippen LogP contribution in [-0.4, -0.2) is 23.2 Å². The number of hydrogen-bond acceptors (Lipinski definition) is 6. The molecule has 2 aromatic heterocycles. The van der Waals surface area contributed by atoms with Crippen LogP contribution in [0.25, 0.3) is 11.0 Å². The number of rotatable bonds is 3. The fraction of sp³-hybridized carbons (Fsp3) is 0.111. The quantitative estimate of drug-likeness (QED) is 0.679. The minimum atomic E-state index is -3.92. The van der Waals surface area contributed by atoms with Gasteiger partial charge in [-0.3, -0.25) is 0 Å². The summed E-state index contributed by atoms with van der Waals surface area (Å²) in [5, 5.41) is 3.55. The zero-order chi connectivity index (χ0) is 20.1. The van der Waals surface area contributed by atoms with Crippen LogP contribution in [0.2, 0.25) is 5.02 Å². The summed E-state index contributed by atoms with van der Waals surface area (Å²) in [5.74, 6) is -0.968. The van der Waals surface area contributed by atoms with Gasteiger partial charge in [-0.1, -0.05) is 29.3 Å². The maximum absolute atomic E-state index is 13.5. The fourth-order valence-electron chi connectivity index (χ4n) is 2.93. The normalized spacial score (nSPS) is 17.2. The van der Waals surface area contributed by atoms with Crippen molar-refractivity contribution in [3.05, 3.63) is 70.9 Å². The van der Waals surface area contributed by atoms with E-state index >= 15 is 0 Å². The lowest BCUT2D eigenvalue weighted by Gasteiger charge is -2.17. The number of aromatic nitrogens is 2. The van der Waals surface area contributed by atoms with E-state index < -0.39 is 22.0 Å². The Morgan fingerprint density at radius 1 is 1.29 bits per heavy atom. The third-order valence-corrected chi connectivity index (χ3v) is 6.23. The van der Waals surface area contributed by atoms with Gasteiger partial charge < -0.3 is 11.1 Å². The van der Waals surface area contributed by atoms with Gasteiger partial charge in [0, 0.05) is 29.5 Å². The average molecular weight is 420 g/mol. The van der Waals surface area contributed by atoms with E-state index in [1.54, 1.807) is 18.2 Å². The molecule has 3 aromatic rings. The number of benzene rings is 1. The topological polar surface area (TPSA) is 102 Å². The van der Waals surface area contributed by atoms with E-state index in [0.29, 0.717) is 16.0 Å². The van der Waals surface area contributed by atoms with Crippen LogP contribution in [0, 0.1) is 6.92 Å². The molecule has 0 amide bonds. The number of pyridine rings is 1. The highest BCUT2D eigenvalue weighted by Crippen LogP contribution is 2.32. The minimum Gasteiger partial charge on any atom is -0.381 e. The van der Waals surface area contributed by atoms with Crippen LogP contribution in [0.15, 0.2) is 64.6 Å². The lowest BCUT2D eigenvalue weighted by Crippen LogP contribution is -2.26. The lowest BCUT2D eigenvalue weighted by atomic mass is 10.1. The van der Waals surface area contributed by atoms with Crippen molar-refractivity contribution in [2.24, 2.45) is 10.7 Å². The Hall–Kier alpha value is -2.91. The molecular weight excluding hydrogens is 405 g/mol. The number of amidine groups is 1. The van der Waals surface area contributed by atoms with E-state index in [1.807, 2.05) is 6.92 Å². The molecule has 0 fully saturated rings. The summed E-state index contributed by atoms with van der Waals surface area (Å²) in [6.07, 6.45) is 3.06. The number of halogens is 2. The van der Waals surface area contributed by atoms with Crippen LogP contribution < -0.4 is 11.1 Å². The first-order valence-corrected chi connectivity index (χ1v) is 10.0. The second-order valence-corrected chi connectivity index (χ2v) is 8.55. The van der Waals surface area contributed by atoms with Crippen molar-refractivity contribution in [2.45, 2.75) is 18.0 Å². The Morgan fingerprint density at radius 3 is 2.68 bits per heavy atom. The van der Waals surface area contributed by atoms with Crippen molar-refractivity contribution >= 4 is 38.5 Å². The number of hydrogen-bond donors (Lipinski definition) is 2. The van der Waals surface area contributed by atoms with E-state index in [0.717, 1.165) is 15.7 Å². The van der Waals surface area contributed by atoms with Gasteiger partial charge in [0.15, 0.2) is 17.3 Å². The molecule has 1 aliphatic rings. The van der Waals surface area contributed by atoms with Gasteiger partial charge in [0.05, 0.1) is 9.92 Å². The Morgan fingerprint density at radius 2 is 2.00 bits per heavy atom. The van der Waals surface area contributed by atoms with E-state index in [2.05, 4.69) is 15.3 Å². The van der Waals surface area contributed by atoms with Crippen molar-refractivity contribution in [3.63, 3.8) is 0 Å². The SMILES string of the molecule is Cc1ccc(S(=O)(=O)n2cc(C3N=C(N)C(F)=CN3)c3cc(Cl)cnc32)cc1.